The summed E-state index contributed by atoms with van der Waals surface area (Å²) >= 11 is 0. The SMILES string of the molecule is CCCN(CC(=O)O)C(=O)c1ccc(-c2ccco2)[nH]c1=O. The van der Waals surface area contributed by atoms with Gasteiger partial charge in [-0.1, -0.05) is 6.92 Å². The predicted octanol–water partition coefficient (Wildman–Crippen LogP) is 1.57. The number of hydrogen-bond donors (Lipinski definition) is 2. The number of carboxylic acid groups (broad SMARTS) is 1. The van der Waals surface area contributed by atoms with Gasteiger partial charge in [0, 0.05) is 6.54 Å². The van der Waals surface area contributed by atoms with Crippen LogP contribution in [0.3, 0.4) is 0 Å². The molecule has 0 unspecified atom stereocenters. The molecular weight excluding hydrogens is 288 g/mol. The van der Waals surface area contributed by atoms with Gasteiger partial charge in [-0.15, -0.1) is 0 Å². The lowest BCUT2D eigenvalue weighted by Crippen LogP contribution is -2.38. The van der Waals surface area contributed by atoms with Crippen LogP contribution in [0.5, 0.6) is 0 Å². The number of aromatic nitrogens is 1. The Morgan fingerprint density at radius 2 is 2.09 bits per heavy atom. The van der Waals surface area contributed by atoms with E-state index in [1.807, 2.05) is 6.92 Å². The van der Waals surface area contributed by atoms with E-state index in [0.29, 0.717) is 17.9 Å². The van der Waals surface area contributed by atoms with E-state index >= 15 is 0 Å². The molecule has 0 aliphatic carbocycles. The lowest BCUT2D eigenvalue weighted by atomic mass is 10.2. The highest BCUT2D eigenvalue weighted by Crippen LogP contribution is 2.16. The molecule has 0 saturated carbocycles. The summed E-state index contributed by atoms with van der Waals surface area (Å²) in [5.74, 6) is -1.24. The molecular formula is C15H16N2O5. The van der Waals surface area contributed by atoms with Gasteiger partial charge in [0.25, 0.3) is 11.5 Å². The molecule has 2 aromatic rings. The largest absolute Gasteiger partial charge is 0.480 e. The number of H-pyrrole nitrogens is 1. The van der Waals surface area contributed by atoms with Gasteiger partial charge in [0.1, 0.15) is 17.9 Å². The Balaban J connectivity index is 2.29. The summed E-state index contributed by atoms with van der Waals surface area (Å²) in [4.78, 5) is 38.9. The number of furan rings is 1. The summed E-state index contributed by atoms with van der Waals surface area (Å²) in [6.07, 6.45) is 2.07. The van der Waals surface area contributed by atoms with Crippen LogP contribution in [0.1, 0.15) is 23.7 Å². The maximum absolute atomic E-state index is 12.3. The van der Waals surface area contributed by atoms with Crippen LogP contribution in [0.15, 0.2) is 39.7 Å². The number of nitrogens with zero attached hydrogens (tertiary/aromatic N) is 1. The van der Waals surface area contributed by atoms with Crippen LogP contribution in [0.4, 0.5) is 0 Å². The van der Waals surface area contributed by atoms with Gasteiger partial charge < -0.3 is 19.4 Å². The van der Waals surface area contributed by atoms with Gasteiger partial charge in [-0.2, -0.15) is 0 Å². The molecule has 1 amide bonds. The van der Waals surface area contributed by atoms with Crippen LogP contribution < -0.4 is 5.56 Å². The number of aromatic amines is 1. The molecule has 0 aliphatic heterocycles. The molecule has 0 atom stereocenters. The molecule has 7 nitrogen and oxygen atoms in total. The molecule has 2 rings (SSSR count). The zero-order chi connectivity index (χ0) is 16.1. The number of pyridine rings is 1. The molecule has 0 bridgehead atoms. The number of carbonyl (C=O) groups is 2. The Hall–Kier alpha value is -2.83. The van der Waals surface area contributed by atoms with Crippen molar-refractivity contribution in [1.82, 2.24) is 9.88 Å². The average molecular weight is 304 g/mol. The zero-order valence-electron chi connectivity index (χ0n) is 12.0. The predicted molar refractivity (Wildman–Crippen MR) is 78.6 cm³/mol. The van der Waals surface area contributed by atoms with Crippen molar-refractivity contribution in [2.45, 2.75) is 13.3 Å². The topological polar surface area (TPSA) is 104 Å². The van der Waals surface area contributed by atoms with E-state index in [1.54, 1.807) is 18.2 Å². The summed E-state index contributed by atoms with van der Waals surface area (Å²) in [6, 6.07) is 6.30. The molecule has 0 aliphatic rings. The smallest absolute Gasteiger partial charge is 0.323 e. The fourth-order valence-corrected chi connectivity index (χ4v) is 2.07. The highest BCUT2D eigenvalue weighted by atomic mass is 16.4. The van der Waals surface area contributed by atoms with E-state index in [-0.39, 0.29) is 12.1 Å². The summed E-state index contributed by atoms with van der Waals surface area (Å²) in [5, 5.41) is 8.85. The molecule has 116 valence electrons. The van der Waals surface area contributed by atoms with Gasteiger partial charge in [0.15, 0.2) is 0 Å². The normalized spacial score (nSPS) is 10.4. The van der Waals surface area contributed by atoms with E-state index in [2.05, 4.69) is 4.98 Å². The van der Waals surface area contributed by atoms with E-state index < -0.39 is 24.0 Å². The maximum atomic E-state index is 12.3. The van der Waals surface area contributed by atoms with Gasteiger partial charge in [0.05, 0.1) is 12.0 Å². The third-order valence-corrected chi connectivity index (χ3v) is 3.03. The Morgan fingerprint density at radius 3 is 2.64 bits per heavy atom. The second-order valence-electron chi connectivity index (χ2n) is 4.71. The van der Waals surface area contributed by atoms with Crippen molar-refractivity contribution < 1.29 is 19.1 Å². The average Bonchev–Trinajstić information content (AvgIpc) is 3.00. The van der Waals surface area contributed by atoms with Gasteiger partial charge in [-0.25, -0.2) is 0 Å². The second-order valence-corrected chi connectivity index (χ2v) is 4.71. The molecule has 0 aromatic carbocycles. The Morgan fingerprint density at radius 1 is 1.32 bits per heavy atom. The van der Waals surface area contributed by atoms with E-state index in [4.69, 9.17) is 9.52 Å². The van der Waals surface area contributed by atoms with Crippen molar-refractivity contribution in [2.24, 2.45) is 0 Å². The minimum Gasteiger partial charge on any atom is -0.480 e. The number of rotatable bonds is 6. The number of nitrogens with one attached hydrogen (secondary N) is 1. The number of carbonyl (C=O) groups excluding carboxylic acids is 1. The fourth-order valence-electron chi connectivity index (χ4n) is 2.07. The number of amides is 1. The number of aliphatic carboxylic acids is 1. The number of carboxylic acids is 1. The van der Waals surface area contributed by atoms with Crippen molar-refractivity contribution in [3.63, 3.8) is 0 Å². The monoisotopic (exact) mass is 304 g/mol. The van der Waals surface area contributed by atoms with Gasteiger partial charge >= 0.3 is 5.97 Å². The van der Waals surface area contributed by atoms with Crippen LogP contribution in [-0.4, -0.2) is 40.0 Å². The van der Waals surface area contributed by atoms with Crippen LogP contribution >= 0.6 is 0 Å². The standard InChI is InChI=1S/C15H16N2O5/c1-2-7-17(9-13(18)19)15(21)10-5-6-11(16-14(10)20)12-4-3-8-22-12/h3-6,8H,2,7,9H2,1H3,(H,16,20)(H,18,19). The van der Waals surface area contributed by atoms with E-state index in [1.165, 1.54) is 12.3 Å². The minimum atomic E-state index is -1.12. The van der Waals surface area contributed by atoms with Gasteiger partial charge in [0.2, 0.25) is 0 Å². The molecule has 0 saturated heterocycles. The highest BCUT2D eigenvalue weighted by Gasteiger charge is 2.20. The van der Waals surface area contributed by atoms with Crippen LogP contribution in [0, 0.1) is 0 Å². The first kappa shape index (κ1) is 15.6. The summed E-state index contributed by atoms with van der Waals surface area (Å²) < 4.78 is 5.17. The molecule has 2 aromatic heterocycles. The van der Waals surface area contributed by atoms with Crippen molar-refractivity contribution in [2.75, 3.05) is 13.1 Å². The molecule has 7 heteroatoms. The second kappa shape index (κ2) is 6.75. The molecule has 2 N–H and O–H groups in total. The van der Waals surface area contributed by atoms with Gasteiger partial charge in [-0.3, -0.25) is 14.4 Å². The molecule has 0 radical (unpaired) electrons. The molecule has 2 heterocycles. The molecule has 0 spiro atoms. The minimum absolute atomic E-state index is 0.0926. The fraction of sp³-hybridized carbons (Fsp3) is 0.267. The maximum Gasteiger partial charge on any atom is 0.323 e. The first-order chi connectivity index (χ1) is 10.5. The van der Waals surface area contributed by atoms with E-state index in [0.717, 1.165) is 4.90 Å². The lowest BCUT2D eigenvalue weighted by molar-refractivity contribution is -0.137. The van der Waals surface area contributed by atoms with Crippen molar-refractivity contribution in [1.29, 1.82) is 0 Å². The molecule has 0 fully saturated rings. The van der Waals surface area contributed by atoms with Crippen molar-refractivity contribution in [3.8, 4) is 11.5 Å². The third kappa shape index (κ3) is 3.43. The zero-order valence-corrected chi connectivity index (χ0v) is 12.0. The van der Waals surface area contributed by atoms with Crippen molar-refractivity contribution in [3.05, 3.63) is 46.4 Å². The first-order valence-electron chi connectivity index (χ1n) is 6.81. The van der Waals surface area contributed by atoms with Gasteiger partial charge in [-0.05, 0) is 30.7 Å². The summed E-state index contributed by atoms with van der Waals surface area (Å²) in [5.41, 5.74) is -0.220. The highest BCUT2D eigenvalue weighted by molar-refractivity contribution is 5.95. The lowest BCUT2D eigenvalue weighted by Gasteiger charge is -2.19. The van der Waals surface area contributed by atoms with Crippen LogP contribution in [-0.2, 0) is 4.79 Å². The Bertz CT molecular complexity index is 718. The Labute approximate surface area is 126 Å². The van der Waals surface area contributed by atoms with Crippen molar-refractivity contribution >= 4 is 11.9 Å². The quantitative estimate of drug-likeness (QED) is 0.843. The third-order valence-electron chi connectivity index (χ3n) is 3.03. The van der Waals surface area contributed by atoms with E-state index in [9.17, 15) is 14.4 Å². The first-order valence-corrected chi connectivity index (χ1v) is 6.81. The summed E-state index contributed by atoms with van der Waals surface area (Å²) in [7, 11) is 0. The van der Waals surface area contributed by atoms with Crippen LogP contribution in [0.25, 0.3) is 11.5 Å². The molecule has 22 heavy (non-hydrogen) atoms. The summed E-state index contributed by atoms with van der Waals surface area (Å²) in [6.45, 7) is 1.66. The van der Waals surface area contributed by atoms with Crippen LogP contribution in [0.2, 0.25) is 0 Å². The number of hydrogen-bond acceptors (Lipinski definition) is 4. The Kier molecular flexibility index (Phi) is 4.77.